The van der Waals surface area contributed by atoms with E-state index in [0.29, 0.717) is 5.75 Å². The molecule has 28 heavy (non-hydrogen) atoms. The predicted octanol–water partition coefficient (Wildman–Crippen LogP) is 3.42. The summed E-state index contributed by atoms with van der Waals surface area (Å²) in [5.41, 5.74) is 2.17. The van der Waals surface area contributed by atoms with Gasteiger partial charge in [-0.25, -0.2) is 13.1 Å². The van der Waals surface area contributed by atoms with Crippen molar-refractivity contribution in [1.82, 2.24) is 14.2 Å². The Hall–Kier alpha value is -2.06. The number of nitrogens with zero attached hydrogens (tertiary/aromatic N) is 2. The number of fused-ring (bicyclic) bond motifs is 1. The molecule has 0 aliphatic heterocycles. The van der Waals surface area contributed by atoms with Crippen LogP contribution in [0.15, 0.2) is 53.6 Å². The number of aromatic nitrogens is 1. The molecule has 0 radical (unpaired) electrons. The fraction of sp³-hybridized carbons (Fsp3) is 0.300. The third kappa shape index (κ3) is 4.03. The Bertz CT molecular complexity index is 1090. The molecule has 1 aromatic heterocycles. The third-order valence-corrected chi connectivity index (χ3v) is 6.53. The van der Waals surface area contributed by atoms with Gasteiger partial charge in [0.2, 0.25) is 10.0 Å². The van der Waals surface area contributed by atoms with Gasteiger partial charge in [-0.15, -0.1) is 0 Å². The molecule has 6 nitrogen and oxygen atoms in total. The minimum Gasteiger partial charge on any atom is -0.495 e. The average molecular weight is 422 g/mol. The number of hydrogen-bond acceptors (Lipinski definition) is 4. The summed E-state index contributed by atoms with van der Waals surface area (Å²) in [6.45, 7) is 0.229. The van der Waals surface area contributed by atoms with E-state index in [-0.39, 0.29) is 22.5 Å². The third-order valence-electron chi connectivity index (χ3n) is 4.81. The summed E-state index contributed by atoms with van der Waals surface area (Å²) < 4.78 is 35.4. The van der Waals surface area contributed by atoms with Gasteiger partial charge in [-0.3, -0.25) is 0 Å². The number of likely N-dealkylation sites (N-methyl/N-ethyl adjacent to an activating group) is 1. The highest BCUT2D eigenvalue weighted by molar-refractivity contribution is 7.89. The van der Waals surface area contributed by atoms with E-state index < -0.39 is 10.0 Å². The van der Waals surface area contributed by atoms with Gasteiger partial charge in [0.05, 0.1) is 17.0 Å². The van der Waals surface area contributed by atoms with Crippen LogP contribution in [0.1, 0.15) is 11.6 Å². The number of sulfonamides is 1. The Morgan fingerprint density at radius 1 is 1.21 bits per heavy atom. The fourth-order valence-electron chi connectivity index (χ4n) is 3.30. The molecule has 1 N–H and O–H groups in total. The zero-order chi connectivity index (χ0) is 20.5. The minimum atomic E-state index is -3.71. The van der Waals surface area contributed by atoms with Gasteiger partial charge in [0.15, 0.2) is 0 Å². The van der Waals surface area contributed by atoms with Crippen LogP contribution in [0.5, 0.6) is 5.75 Å². The maximum Gasteiger partial charge on any atom is 0.240 e. The van der Waals surface area contributed by atoms with Crippen LogP contribution in [-0.2, 0) is 17.1 Å². The SMILES string of the molecule is COc1ccc(S(=O)(=O)NCC(c2cn(C)c3ccccc23)N(C)C)cc1Cl. The second-order valence-electron chi connectivity index (χ2n) is 6.84. The van der Waals surface area contributed by atoms with Crippen molar-refractivity contribution in [3.8, 4) is 5.75 Å². The second kappa shape index (κ2) is 8.13. The first-order valence-corrected chi connectivity index (χ1v) is 10.6. The topological polar surface area (TPSA) is 63.6 Å². The van der Waals surface area contributed by atoms with E-state index >= 15 is 0 Å². The Labute approximate surface area is 170 Å². The van der Waals surface area contributed by atoms with Crippen LogP contribution >= 0.6 is 11.6 Å². The predicted molar refractivity (Wildman–Crippen MR) is 113 cm³/mol. The molecule has 2 aromatic carbocycles. The highest BCUT2D eigenvalue weighted by atomic mass is 35.5. The Morgan fingerprint density at radius 2 is 1.93 bits per heavy atom. The number of hydrogen-bond donors (Lipinski definition) is 1. The van der Waals surface area contributed by atoms with E-state index in [1.807, 2.05) is 44.4 Å². The van der Waals surface area contributed by atoms with Gasteiger partial charge < -0.3 is 14.2 Å². The van der Waals surface area contributed by atoms with E-state index in [2.05, 4.69) is 21.4 Å². The zero-order valence-electron chi connectivity index (χ0n) is 16.3. The summed E-state index contributed by atoms with van der Waals surface area (Å²) in [5.74, 6) is 0.433. The van der Waals surface area contributed by atoms with Crippen molar-refractivity contribution < 1.29 is 13.2 Å². The van der Waals surface area contributed by atoms with Gasteiger partial charge in [-0.2, -0.15) is 0 Å². The number of methoxy groups -OCH3 is 1. The fourth-order valence-corrected chi connectivity index (χ4v) is 4.68. The zero-order valence-corrected chi connectivity index (χ0v) is 17.9. The first-order valence-electron chi connectivity index (χ1n) is 8.78. The molecule has 3 aromatic rings. The van der Waals surface area contributed by atoms with Crippen LogP contribution in [0.4, 0.5) is 0 Å². The van der Waals surface area contributed by atoms with Gasteiger partial charge in [0.1, 0.15) is 5.75 Å². The Kier molecular flexibility index (Phi) is 6.00. The van der Waals surface area contributed by atoms with E-state index in [1.165, 1.54) is 19.2 Å². The van der Waals surface area contributed by atoms with Crippen LogP contribution in [0.2, 0.25) is 5.02 Å². The van der Waals surface area contributed by atoms with E-state index in [0.717, 1.165) is 16.5 Å². The van der Waals surface area contributed by atoms with Crippen LogP contribution in [0.3, 0.4) is 0 Å². The van der Waals surface area contributed by atoms with Crippen LogP contribution in [-0.4, -0.2) is 45.6 Å². The highest BCUT2D eigenvalue weighted by Crippen LogP contribution is 2.30. The van der Waals surface area contributed by atoms with Crippen molar-refractivity contribution in [3.63, 3.8) is 0 Å². The molecule has 1 unspecified atom stereocenters. The molecular weight excluding hydrogens is 398 g/mol. The minimum absolute atomic E-state index is 0.105. The van der Waals surface area contributed by atoms with Gasteiger partial charge in [0, 0.05) is 36.7 Å². The van der Waals surface area contributed by atoms with Gasteiger partial charge >= 0.3 is 0 Å². The molecule has 3 rings (SSSR count). The number of ether oxygens (including phenoxy) is 1. The molecule has 1 heterocycles. The maximum atomic E-state index is 12.8. The first-order chi connectivity index (χ1) is 13.2. The van der Waals surface area contributed by atoms with Crippen molar-refractivity contribution in [3.05, 3.63) is 59.2 Å². The van der Waals surface area contributed by atoms with Crippen molar-refractivity contribution in [2.75, 3.05) is 27.7 Å². The molecular formula is C20H24ClN3O3S. The van der Waals surface area contributed by atoms with Crippen molar-refractivity contribution in [1.29, 1.82) is 0 Å². The Morgan fingerprint density at radius 3 is 2.57 bits per heavy atom. The number of nitrogens with one attached hydrogen (secondary N) is 1. The summed E-state index contributed by atoms with van der Waals surface area (Å²) in [7, 11) is 3.63. The summed E-state index contributed by atoms with van der Waals surface area (Å²) in [4.78, 5) is 2.11. The lowest BCUT2D eigenvalue weighted by Gasteiger charge is -2.24. The lowest BCUT2D eigenvalue weighted by atomic mass is 10.1. The van der Waals surface area contributed by atoms with Gasteiger partial charge in [-0.1, -0.05) is 29.8 Å². The summed E-state index contributed by atoms with van der Waals surface area (Å²) >= 11 is 6.08. The highest BCUT2D eigenvalue weighted by Gasteiger charge is 2.23. The molecule has 150 valence electrons. The van der Waals surface area contributed by atoms with Gasteiger partial charge in [0.25, 0.3) is 0 Å². The molecule has 0 saturated carbocycles. The summed E-state index contributed by atoms with van der Waals surface area (Å²) in [6.07, 6.45) is 2.05. The Balaban J connectivity index is 1.88. The monoisotopic (exact) mass is 421 g/mol. The lowest BCUT2D eigenvalue weighted by molar-refractivity contribution is 0.301. The smallest absolute Gasteiger partial charge is 0.240 e. The standard InChI is InChI=1S/C20H24ClN3O3S/c1-23(2)19(16-13-24(3)18-8-6-5-7-15(16)18)12-22-28(25,26)14-9-10-20(27-4)17(21)11-14/h5-11,13,19,22H,12H2,1-4H3. The van der Waals surface area contributed by atoms with E-state index in [4.69, 9.17) is 16.3 Å². The van der Waals surface area contributed by atoms with Gasteiger partial charge in [-0.05, 0) is 43.9 Å². The normalized spacial score (nSPS) is 13.2. The second-order valence-corrected chi connectivity index (χ2v) is 9.01. The molecule has 0 spiro atoms. The first kappa shape index (κ1) is 20.7. The molecule has 0 bridgehead atoms. The number of aryl methyl sites for hydroxylation is 1. The van der Waals surface area contributed by atoms with Crippen molar-refractivity contribution >= 4 is 32.5 Å². The molecule has 0 fully saturated rings. The molecule has 8 heteroatoms. The quantitative estimate of drug-likeness (QED) is 0.634. The molecule has 0 amide bonds. The van der Waals surface area contributed by atoms with Crippen LogP contribution in [0, 0.1) is 0 Å². The summed E-state index contributed by atoms with van der Waals surface area (Å²) in [6, 6.07) is 12.4. The van der Waals surface area contributed by atoms with E-state index in [1.54, 1.807) is 6.07 Å². The summed E-state index contributed by atoms with van der Waals surface area (Å²) in [5, 5.41) is 1.36. The number of halogens is 1. The van der Waals surface area contributed by atoms with Crippen molar-refractivity contribution in [2.24, 2.45) is 7.05 Å². The molecule has 1 atom stereocenters. The van der Waals surface area contributed by atoms with Crippen LogP contribution in [0.25, 0.3) is 10.9 Å². The largest absolute Gasteiger partial charge is 0.495 e. The molecule has 0 aliphatic rings. The van der Waals surface area contributed by atoms with E-state index in [9.17, 15) is 8.42 Å². The molecule has 0 aliphatic carbocycles. The lowest BCUT2D eigenvalue weighted by Crippen LogP contribution is -2.34. The molecule has 0 saturated heterocycles. The number of benzene rings is 2. The number of rotatable bonds is 7. The number of para-hydroxylation sites is 1. The maximum absolute atomic E-state index is 12.8. The average Bonchev–Trinajstić information content (AvgIpc) is 2.98. The van der Waals surface area contributed by atoms with Crippen LogP contribution < -0.4 is 9.46 Å². The van der Waals surface area contributed by atoms with Crippen molar-refractivity contribution in [2.45, 2.75) is 10.9 Å².